The van der Waals surface area contributed by atoms with Crippen LogP contribution in [0.15, 0.2) is 0 Å². The van der Waals surface area contributed by atoms with Crippen molar-refractivity contribution in [2.75, 3.05) is 31.0 Å². The number of hydrogen-bond acceptors (Lipinski definition) is 5. The van der Waals surface area contributed by atoms with Gasteiger partial charge in [0.2, 0.25) is 10.0 Å². The Morgan fingerprint density at radius 3 is 2.07 bits per heavy atom. The van der Waals surface area contributed by atoms with Gasteiger partial charge >= 0.3 is 0 Å². The van der Waals surface area contributed by atoms with Crippen molar-refractivity contribution in [3.8, 4) is 0 Å². The minimum atomic E-state index is -3.68. The van der Waals surface area contributed by atoms with E-state index in [4.69, 9.17) is 0 Å². The summed E-state index contributed by atoms with van der Waals surface area (Å²) in [6.45, 7) is 3.20. The molecule has 0 atom stereocenters. The van der Waals surface area contributed by atoms with Gasteiger partial charge in [-0.2, -0.15) is 4.31 Å². The monoisotopic (exact) mass is 256 g/mol. The van der Waals surface area contributed by atoms with Crippen LogP contribution in [0.4, 0.5) is 0 Å². The van der Waals surface area contributed by atoms with E-state index in [-0.39, 0.29) is 6.04 Å². The van der Waals surface area contributed by atoms with Gasteiger partial charge in [0.25, 0.3) is 0 Å². The fourth-order valence-electron chi connectivity index (χ4n) is 1.50. The maximum Gasteiger partial charge on any atom is 0.228 e. The maximum atomic E-state index is 11.7. The van der Waals surface area contributed by atoms with Crippen LogP contribution in [0.3, 0.4) is 0 Å². The van der Waals surface area contributed by atoms with Crippen LogP contribution in [0, 0.1) is 0 Å². The van der Waals surface area contributed by atoms with Gasteiger partial charge in [-0.25, -0.2) is 16.8 Å². The molecule has 8 heteroatoms. The number of nitrogens with one attached hydrogen (secondary N) is 1. The lowest BCUT2D eigenvalue weighted by molar-refractivity contribution is 0.250. The quantitative estimate of drug-likeness (QED) is 0.655. The molecular weight excluding hydrogens is 240 g/mol. The second-order valence-electron chi connectivity index (χ2n) is 3.67. The standard InChI is InChI=1S/C7H16N2O4S2/c1-3-9(7-4-8-5-7)15(12,13)6-14(2,10)11/h7-8H,3-6H2,1-2H3. The average molecular weight is 256 g/mol. The van der Waals surface area contributed by atoms with E-state index < -0.39 is 24.9 Å². The minimum absolute atomic E-state index is 0.0956. The van der Waals surface area contributed by atoms with Crippen molar-refractivity contribution in [1.82, 2.24) is 9.62 Å². The van der Waals surface area contributed by atoms with Crippen LogP contribution in [-0.2, 0) is 19.9 Å². The normalized spacial score (nSPS) is 19.1. The molecule has 6 nitrogen and oxygen atoms in total. The first-order valence-corrected chi connectivity index (χ1v) is 8.31. The molecule has 15 heavy (non-hydrogen) atoms. The second-order valence-corrected chi connectivity index (χ2v) is 8.10. The summed E-state index contributed by atoms with van der Waals surface area (Å²) in [5.74, 6) is 0. The number of rotatable bonds is 5. The van der Waals surface area contributed by atoms with Crippen LogP contribution >= 0.6 is 0 Å². The van der Waals surface area contributed by atoms with Gasteiger partial charge in [0.1, 0.15) is 0 Å². The van der Waals surface area contributed by atoms with Gasteiger partial charge < -0.3 is 5.32 Å². The smallest absolute Gasteiger partial charge is 0.228 e. The molecular formula is C7H16N2O4S2. The number of likely N-dealkylation sites (N-methyl/N-ethyl adjacent to an activating group) is 1. The molecule has 0 saturated carbocycles. The Bertz CT molecular complexity index is 410. The first-order valence-electron chi connectivity index (χ1n) is 4.64. The molecule has 0 spiro atoms. The molecule has 0 aromatic carbocycles. The molecule has 1 N–H and O–H groups in total. The molecule has 1 fully saturated rings. The summed E-state index contributed by atoms with van der Waals surface area (Å²) in [6, 6.07) is -0.0956. The van der Waals surface area contributed by atoms with E-state index in [1.165, 1.54) is 4.31 Å². The maximum absolute atomic E-state index is 11.7. The van der Waals surface area contributed by atoms with Crippen LogP contribution < -0.4 is 5.32 Å². The van der Waals surface area contributed by atoms with Gasteiger partial charge in [0, 0.05) is 31.9 Å². The summed E-state index contributed by atoms with van der Waals surface area (Å²) in [4.78, 5) is 0. The Morgan fingerprint density at radius 1 is 1.27 bits per heavy atom. The molecule has 0 aromatic rings. The Hall–Kier alpha value is -0.180. The zero-order valence-electron chi connectivity index (χ0n) is 8.80. The topological polar surface area (TPSA) is 83.6 Å². The van der Waals surface area contributed by atoms with E-state index in [2.05, 4.69) is 5.32 Å². The fourth-order valence-corrected chi connectivity index (χ4v) is 5.20. The molecule has 0 unspecified atom stereocenters. The molecule has 0 amide bonds. The van der Waals surface area contributed by atoms with Crippen LogP contribution in [-0.4, -0.2) is 58.2 Å². The molecule has 0 aliphatic carbocycles. The molecule has 1 saturated heterocycles. The summed E-state index contributed by atoms with van der Waals surface area (Å²) < 4.78 is 46.7. The van der Waals surface area contributed by atoms with E-state index in [9.17, 15) is 16.8 Å². The summed E-state index contributed by atoms with van der Waals surface area (Å²) >= 11 is 0. The molecule has 1 aliphatic rings. The van der Waals surface area contributed by atoms with Crippen molar-refractivity contribution in [3.05, 3.63) is 0 Å². The van der Waals surface area contributed by atoms with Crippen LogP contribution in [0.25, 0.3) is 0 Å². The highest BCUT2D eigenvalue weighted by Crippen LogP contribution is 2.12. The minimum Gasteiger partial charge on any atom is -0.313 e. The van der Waals surface area contributed by atoms with Crippen molar-refractivity contribution in [1.29, 1.82) is 0 Å². The highest BCUT2D eigenvalue weighted by atomic mass is 32.3. The van der Waals surface area contributed by atoms with E-state index in [0.717, 1.165) is 6.26 Å². The van der Waals surface area contributed by atoms with Crippen LogP contribution in [0.1, 0.15) is 6.92 Å². The largest absolute Gasteiger partial charge is 0.313 e. The number of hydrogen-bond donors (Lipinski definition) is 1. The van der Waals surface area contributed by atoms with Crippen LogP contribution in [0.2, 0.25) is 0 Å². The lowest BCUT2D eigenvalue weighted by Gasteiger charge is -2.36. The first kappa shape index (κ1) is 12.9. The zero-order valence-corrected chi connectivity index (χ0v) is 10.4. The molecule has 1 aliphatic heterocycles. The summed E-state index contributed by atoms with van der Waals surface area (Å²) in [5.41, 5.74) is 0. The van der Waals surface area contributed by atoms with Crippen molar-refractivity contribution >= 4 is 19.9 Å². The Kier molecular flexibility index (Phi) is 3.75. The molecule has 0 bridgehead atoms. The van der Waals surface area contributed by atoms with E-state index >= 15 is 0 Å². The van der Waals surface area contributed by atoms with Crippen molar-refractivity contribution in [2.45, 2.75) is 13.0 Å². The fraction of sp³-hybridized carbons (Fsp3) is 1.00. The van der Waals surface area contributed by atoms with Gasteiger partial charge in [-0.1, -0.05) is 6.92 Å². The van der Waals surface area contributed by atoms with Crippen molar-refractivity contribution < 1.29 is 16.8 Å². The summed E-state index contributed by atoms with van der Waals surface area (Å²) in [6.07, 6.45) is 0.928. The number of nitrogens with zero attached hydrogens (tertiary/aromatic N) is 1. The third kappa shape index (κ3) is 3.40. The zero-order chi connectivity index (χ0) is 11.7. The molecule has 1 rings (SSSR count). The highest BCUT2D eigenvalue weighted by molar-refractivity contribution is 8.06. The number of sulfonamides is 1. The summed E-state index contributed by atoms with van der Waals surface area (Å²) in [7, 11) is -7.19. The Labute approximate surface area is 90.6 Å². The van der Waals surface area contributed by atoms with Gasteiger partial charge in [0.05, 0.1) is 0 Å². The average Bonchev–Trinajstić information content (AvgIpc) is 1.90. The van der Waals surface area contributed by atoms with Gasteiger partial charge in [0.15, 0.2) is 14.9 Å². The molecule has 1 heterocycles. The van der Waals surface area contributed by atoms with E-state index in [0.29, 0.717) is 19.6 Å². The third-order valence-electron chi connectivity index (χ3n) is 2.20. The lowest BCUT2D eigenvalue weighted by atomic mass is 10.2. The second kappa shape index (κ2) is 4.36. The first-order chi connectivity index (χ1) is 6.76. The number of sulfone groups is 1. The predicted octanol–water partition coefficient (Wildman–Crippen LogP) is -1.39. The van der Waals surface area contributed by atoms with Crippen molar-refractivity contribution in [2.24, 2.45) is 0 Å². The van der Waals surface area contributed by atoms with E-state index in [1.54, 1.807) is 6.92 Å². The van der Waals surface area contributed by atoms with E-state index in [1.807, 2.05) is 0 Å². The summed E-state index contributed by atoms with van der Waals surface area (Å²) in [5, 5.41) is 2.15. The van der Waals surface area contributed by atoms with Gasteiger partial charge in [-0.3, -0.25) is 0 Å². The van der Waals surface area contributed by atoms with Crippen LogP contribution in [0.5, 0.6) is 0 Å². The van der Waals surface area contributed by atoms with Crippen molar-refractivity contribution in [3.63, 3.8) is 0 Å². The Morgan fingerprint density at radius 2 is 1.80 bits per heavy atom. The SMILES string of the molecule is CCN(C1CNC1)S(=O)(=O)CS(C)(=O)=O. The molecule has 0 aromatic heterocycles. The van der Waals surface area contributed by atoms with Gasteiger partial charge in [-0.15, -0.1) is 0 Å². The molecule has 0 radical (unpaired) electrons. The predicted molar refractivity (Wildman–Crippen MR) is 57.7 cm³/mol. The third-order valence-corrected chi connectivity index (χ3v) is 6.37. The molecule has 90 valence electrons. The van der Waals surface area contributed by atoms with Gasteiger partial charge in [-0.05, 0) is 0 Å². The lowest BCUT2D eigenvalue weighted by Crippen LogP contribution is -2.59. The Balaban J connectivity index is 2.82. The highest BCUT2D eigenvalue weighted by Gasteiger charge is 2.34.